The molecule has 0 unspecified atom stereocenters. The van der Waals surface area contributed by atoms with Crippen LogP contribution in [0, 0.1) is 0 Å². The van der Waals surface area contributed by atoms with Gasteiger partial charge in [-0.25, -0.2) is 4.79 Å². The molecule has 6 rings (SSSR count). The third kappa shape index (κ3) is 2.64. The van der Waals surface area contributed by atoms with Crippen molar-refractivity contribution in [3.05, 3.63) is 59.7 Å². The van der Waals surface area contributed by atoms with Crippen LogP contribution in [0.2, 0.25) is 0 Å². The van der Waals surface area contributed by atoms with Crippen molar-refractivity contribution in [2.24, 2.45) is 0 Å². The molecule has 0 bridgehead atoms. The molecule has 2 heterocycles. The van der Waals surface area contributed by atoms with Gasteiger partial charge in [0.15, 0.2) is 0 Å². The molecule has 0 saturated carbocycles. The third-order valence-electron chi connectivity index (χ3n) is 6.87. The first-order chi connectivity index (χ1) is 15.5. The Balaban J connectivity index is 1.58. The molecule has 1 saturated heterocycles. The van der Waals surface area contributed by atoms with Gasteiger partial charge in [-0.3, -0.25) is 9.59 Å². The molecular formula is C25H21N3O4. The highest BCUT2D eigenvalue weighted by Gasteiger charge is 2.43. The molecule has 0 spiro atoms. The Labute approximate surface area is 183 Å². The predicted octanol–water partition coefficient (Wildman–Crippen LogP) is 3.17. The normalized spacial score (nSPS) is 20.2. The van der Waals surface area contributed by atoms with Crippen molar-refractivity contribution in [1.82, 2.24) is 15.5 Å². The zero-order chi connectivity index (χ0) is 22.0. The molecule has 0 radical (unpaired) electrons. The second kappa shape index (κ2) is 6.82. The molecule has 4 aromatic carbocycles. The predicted molar refractivity (Wildman–Crippen MR) is 121 cm³/mol. The van der Waals surface area contributed by atoms with Crippen LogP contribution in [0.15, 0.2) is 48.5 Å². The molecule has 7 nitrogen and oxygen atoms in total. The maximum Gasteiger partial charge on any atom is 0.322 e. The number of hydrogen-bond donors (Lipinski definition) is 3. The lowest BCUT2D eigenvalue weighted by Crippen LogP contribution is -2.60. The van der Waals surface area contributed by atoms with Crippen molar-refractivity contribution in [1.29, 1.82) is 0 Å². The van der Waals surface area contributed by atoms with Crippen LogP contribution in [0.5, 0.6) is 0 Å². The number of hydrogen-bond acceptors (Lipinski definition) is 3. The van der Waals surface area contributed by atoms with Crippen molar-refractivity contribution in [3.63, 3.8) is 0 Å². The van der Waals surface area contributed by atoms with Gasteiger partial charge >= 0.3 is 12.0 Å². The van der Waals surface area contributed by atoms with E-state index in [-0.39, 0.29) is 12.1 Å². The lowest BCUT2D eigenvalue weighted by molar-refractivity contribution is -0.138. The van der Waals surface area contributed by atoms with Gasteiger partial charge in [0, 0.05) is 13.0 Å². The van der Waals surface area contributed by atoms with E-state index < -0.39 is 24.5 Å². The summed E-state index contributed by atoms with van der Waals surface area (Å²) in [4.78, 5) is 38.4. The number of nitrogens with one attached hydrogen (secondary N) is 2. The average Bonchev–Trinajstić information content (AvgIpc) is 2.80. The van der Waals surface area contributed by atoms with Gasteiger partial charge in [-0.05, 0) is 55.9 Å². The van der Waals surface area contributed by atoms with Crippen molar-refractivity contribution < 1.29 is 19.5 Å². The average molecular weight is 427 g/mol. The number of carbonyl (C=O) groups excluding carboxylic acids is 2. The first kappa shape index (κ1) is 18.9. The third-order valence-corrected chi connectivity index (χ3v) is 6.87. The maximum absolute atomic E-state index is 13.0. The Kier molecular flexibility index (Phi) is 4.02. The zero-order valence-corrected chi connectivity index (χ0v) is 17.2. The number of benzene rings is 4. The Bertz CT molecular complexity index is 1410. The van der Waals surface area contributed by atoms with Gasteiger partial charge < -0.3 is 20.6 Å². The van der Waals surface area contributed by atoms with Gasteiger partial charge in [0.1, 0.15) is 12.6 Å². The molecule has 1 fully saturated rings. The largest absolute Gasteiger partial charge is 0.480 e. The molecule has 0 aromatic heterocycles. The standard InChI is InChI=1S/C25H21N3O4/c29-21(30)12-27-24(31)20-11-17-16-7-6-14-3-1-2-13-4-5-15(23(16)22(13)14)10-18(17)19-8-9-26-25(32)28(19)20/h1-7,10,19-20H,8-9,11-12H2,(H,26,32)(H,27,31)(H,29,30)/t19-,20+/m1/s1. The molecule has 2 atom stereocenters. The van der Waals surface area contributed by atoms with E-state index in [0.717, 1.165) is 21.9 Å². The molecule has 2 aliphatic rings. The molecule has 160 valence electrons. The monoisotopic (exact) mass is 427 g/mol. The van der Waals surface area contributed by atoms with E-state index >= 15 is 0 Å². The summed E-state index contributed by atoms with van der Waals surface area (Å²) in [5, 5.41) is 21.3. The van der Waals surface area contributed by atoms with Gasteiger partial charge in [0.05, 0.1) is 6.04 Å². The van der Waals surface area contributed by atoms with Crippen LogP contribution in [0.1, 0.15) is 23.6 Å². The minimum Gasteiger partial charge on any atom is -0.480 e. The molecule has 4 aromatic rings. The van der Waals surface area contributed by atoms with Crippen LogP contribution in [-0.2, 0) is 16.0 Å². The number of carboxylic acids is 1. The van der Waals surface area contributed by atoms with Crippen LogP contribution >= 0.6 is 0 Å². The van der Waals surface area contributed by atoms with E-state index in [1.807, 2.05) is 0 Å². The number of amides is 3. The minimum absolute atomic E-state index is 0.227. The van der Waals surface area contributed by atoms with E-state index in [0.29, 0.717) is 19.4 Å². The number of carboxylic acid groups (broad SMARTS) is 1. The maximum atomic E-state index is 13.0. The smallest absolute Gasteiger partial charge is 0.322 e. The number of fused-ring (bicyclic) bond motifs is 4. The summed E-state index contributed by atoms with van der Waals surface area (Å²) < 4.78 is 0. The second-order valence-electron chi connectivity index (χ2n) is 8.58. The topological polar surface area (TPSA) is 98.7 Å². The summed E-state index contributed by atoms with van der Waals surface area (Å²) >= 11 is 0. The zero-order valence-electron chi connectivity index (χ0n) is 17.2. The lowest BCUT2D eigenvalue weighted by atomic mass is 9.80. The first-order valence-electron chi connectivity index (χ1n) is 10.8. The number of nitrogens with zero attached hydrogens (tertiary/aromatic N) is 1. The highest BCUT2D eigenvalue weighted by molar-refractivity contribution is 6.24. The summed E-state index contributed by atoms with van der Waals surface area (Å²) in [6.45, 7) is 0.0643. The number of urea groups is 1. The summed E-state index contributed by atoms with van der Waals surface area (Å²) in [5.41, 5.74) is 2.15. The minimum atomic E-state index is -1.11. The summed E-state index contributed by atoms with van der Waals surface area (Å²) in [7, 11) is 0. The summed E-state index contributed by atoms with van der Waals surface area (Å²) in [6, 6.07) is 15.7. The Morgan fingerprint density at radius 1 is 1.06 bits per heavy atom. The van der Waals surface area contributed by atoms with Crippen molar-refractivity contribution in [3.8, 4) is 0 Å². The number of aliphatic carboxylic acids is 1. The van der Waals surface area contributed by atoms with Crippen LogP contribution < -0.4 is 10.6 Å². The molecule has 0 aliphatic carbocycles. The molecule has 3 N–H and O–H groups in total. The fourth-order valence-electron chi connectivity index (χ4n) is 5.56. The molecule has 7 heteroatoms. The highest BCUT2D eigenvalue weighted by atomic mass is 16.4. The fraction of sp³-hybridized carbons (Fsp3) is 0.240. The number of carbonyl (C=O) groups is 3. The van der Waals surface area contributed by atoms with E-state index in [1.54, 1.807) is 4.90 Å². The first-order valence-corrected chi connectivity index (χ1v) is 10.8. The molecule has 32 heavy (non-hydrogen) atoms. The van der Waals surface area contributed by atoms with Crippen LogP contribution in [0.3, 0.4) is 0 Å². The van der Waals surface area contributed by atoms with E-state index in [2.05, 4.69) is 59.2 Å². The Morgan fingerprint density at radius 3 is 2.59 bits per heavy atom. The van der Waals surface area contributed by atoms with Gasteiger partial charge in [0.2, 0.25) is 5.91 Å². The van der Waals surface area contributed by atoms with Crippen molar-refractivity contribution in [2.75, 3.05) is 13.1 Å². The van der Waals surface area contributed by atoms with E-state index in [4.69, 9.17) is 5.11 Å². The van der Waals surface area contributed by atoms with Crippen LogP contribution in [0.4, 0.5) is 4.79 Å². The highest BCUT2D eigenvalue weighted by Crippen LogP contribution is 2.44. The Morgan fingerprint density at radius 2 is 1.81 bits per heavy atom. The van der Waals surface area contributed by atoms with Crippen molar-refractivity contribution >= 4 is 50.2 Å². The molecule has 2 aliphatic heterocycles. The lowest BCUT2D eigenvalue weighted by Gasteiger charge is -2.45. The SMILES string of the molecule is O=C(O)CNC(=O)[C@@H]1Cc2c(cc3ccc4cccc5ccc2c3c45)[C@H]2CCNC(=O)N21. The van der Waals surface area contributed by atoms with Gasteiger partial charge in [-0.2, -0.15) is 0 Å². The Hall–Kier alpha value is -3.87. The molecular weight excluding hydrogens is 406 g/mol. The van der Waals surface area contributed by atoms with Crippen molar-refractivity contribution in [2.45, 2.75) is 24.9 Å². The van der Waals surface area contributed by atoms with E-state index in [9.17, 15) is 14.4 Å². The fourth-order valence-corrected chi connectivity index (χ4v) is 5.56. The van der Waals surface area contributed by atoms with Gasteiger partial charge in [0.25, 0.3) is 0 Å². The molecule has 3 amide bonds. The van der Waals surface area contributed by atoms with Gasteiger partial charge in [-0.1, -0.05) is 42.5 Å². The summed E-state index contributed by atoms with van der Waals surface area (Å²) in [6.07, 6.45) is 1.04. The van der Waals surface area contributed by atoms with Gasteiger partial charge in [-0.15, -0.1) is 0 Å². The quantitative estimate of drug-likeness (QED) is 0.438. The number of rotatable bonds is 3. The second-order valence-corrected chi connectivity index (χ2v) is 8.58. The van der Waals surface area contributed by atoms with Crippen LogP contribution in [0.25, 0.3) is 32.3 Å². The van der Waals surface area contributed by atoms with E-state index in [1.165, 1.54) is 21.5 Å². The summed E-state index contributed by atoms with van der Waals surface area (Å²) in [5.74, 6) is -1.55. The van der Waals surface area contributed by atoms with Crippen LogP contribution in [-0.4, -0.2) is 47.0 Å².